The molecule has 0 N–H and O–H groups in total. The van der Waals surface area contributed by atoms with E-state index in [9.17, 15) is 0 Å². The third-order valence-corrected chi connectivity index (χ3v) is 4.46. The Morgan fingerprint density at radius 2 is 2.14 bits per heavy atom. The summed E-state index contributed by atoms with van der Waals surface area (Å²) >= 11 is 3.61. The highest BCUT2D eigenvalue weighted by Gasteiger charge is 2.33. The minimum absolute atomic E-state index is 0.213. The van der Waals surface area contributed by atoms with Gasteiger partial charge in [-0.25, -0.2) is 14.6 Å². The van der Waals surface area contributed by atoms with Crippen LogP contribution in [0.2, 0.25) is 0 Å². The standard InChI is InChI=1S/C14H14BrN5O/c1-7(2)20-14-9(5-16-6-17-14)11(18-20)12-10(15)13(21-19-12)8-3-4-8/h5-8H,3-4H2,1-2H3. The van der Waals surface area contributed by atoms with Crippen LogP contribution in [-0.2, 0) is 0 Å². The Hall–Kier alpha value is -1.76. The molecule has 0 aliphatic heterocycles. The minimum Gasteiger partial charge on any atom is -0.359 e. The van der Waals surface area contributed by atoms with E-state index in [1.165, 1.54) is 0 Å². The van der Waals surface area contributed by atoms with Crippen LogP contribution in [0.4, 0.5) is 0 Å². The Balaban J connectivity index is 1.94. The highest BCUT2D eigenvalue weighted by Crippen LogP contribution is 2.46. The van der Waals surface area contributed by atoms with Crippen molar-refractivity contribution in [1.29, 1.82) is 0 Å². The maximum Gasteiger partial charge on any atom is 0.162 e. The third-order valence-electron chi connectivity index (χ3n) is 3.69. The van der Waals surface area contributed by atoms with Gasteiger partial charge in [0.15, 0.2) is 11.4 Å². The van der Waals surface area contributed by atoms with Crippen LogP contribution >= 0.6 is 15.9 Å². The summed E-state index contributed by atoms with van der Waals surface area (Å²) in [5, 5.41) is 9.78. The zero-order valence-electron chi connectivity index (χ0n) is 11.7. The predicted molar refractivity (Wildman–Crippen MR) is 80.9 cm³/mol. The maximum atomic E-state index is 5.51. The Kier molecular flexibility index (Phi) is 2.85. The molecule has 3 aromatic rings. The van der Waals surface area contributed by atoms with Crippen LogP contribution in [0.3, 0.4) is 0 Å². The van der Waals surface area contributed by atoms with Crippen LogP contribution in [0, 0.1) is 0 Å². The number of hydrogen-bond donors (Lipinski definition) is 0. The molecular formula is C14H14BrN5O. The van der Waals surface area contributed by atoms with E-state index in [4.69, 9.17) is 4.52 Å². The van der Waals surface area contributed by atoms with Crippen LogP contribution < -0.4 is 0 Å². The molecule has 0 radical (unpaired) electrons. The Morgan fingerprint density at radius 3 is 2.86 bits per heavy atom. The first-order chi connectivity index (χ1) is 10.2. The van der Waals surface area contributed by atoms with Gasteiger partial charge in [0.1, 0.15) is 17.7 Å². The molecule has 0 bridgehead atoms. The lowest BCUT2D eigenvalue weighted by atomic mass is 10.2. The van der Waals surface area contributed by atoms with Gasteiger partial charge in [0.2, 0.25) is 0 Å². The van der Waals surface area contributed by atoms with Gasteiger partial charge in [-0.1, -0.05) is 5.16 Å². The maximum absolute atomic E-state index is 5.51. The van der Waals surface area contributed by atoms with Crippen molar-refractivity contribution in [3.8, 4) is 11.4 Å². The van der Waals surface area contributed by atoms with Crippen molar-refractivity contribution in [2.75, 3.05) is 0 Å². The molecule has 0 aromatic carbocycles. The van der Waals surface area contributed by atoms with Gasteiger partial charge >= 0.3 is 0 Å². The van der Waals surface area contributed by atoms with Gasteiger partial charge in [0, 0.05) is 18.2 Å². The van der Waals surface area contributed by atoms with Crippen molar-refractivity contribution in [2.24, 2.45) is 0 Å². The summed E-state index contributed by atoms with van der Waals surface area (Å²) in [5.74, 6) is 1.42. The van der Waals surface area contributed by atoms with E-state index in [0.29, 0.717) is 5.92 Å². The molecule has 3 heterocycles. The van der Waals surface area contributed by atoms with Gasteiger partial charge in [-0.2, -0.15) is 5.10 Å². The first kappa shape index (κ1) is 12.9. The van der Waals surface area contributed by atoms with E-state index >= 15 is 0 Å². The molecule has 3 aromatic heterocycles. The van der Waals surface area contributed by atoms with Crippen LogP contribution in [0.25, 0.3) is 22.4 Å². The SMILES string of the molecule is CC(C)n1nc(-c2noc(C3CC3)c2Br)c2cncnc21. The van der Waals surface area contributed by atoms with Crippen molar-refractivity contribution in [3.05, 3.63) is 22.8 Å². The zero-order valence-corrected chi connectivity index (χ0v) is 13.3. The highest BCUT2D eigenvalue weighted by molar-refractivity contribution is 9.10. The molecule has 7 heteroatoms. The highest BCUT2D eigenvalue weighted by atomic mass is 79.9. The molecule has 6 nitrogen and oxygen atoms in total. The van der Waals surface area contributed by atoms with Crippen molar-refractivity contribution >= 4 is 27.0 Å². The van der Waals surface area contributed by atoms with Crippen molar-refractivity contribution in [3.63, 3.8) is 0 Å². The second-order valence-corrected chi connectivity index (χ2v) is 6.42. The second kappa shape index (κ2) is 4.62. The van der Waals surface area contributed by atoms with E-state index < -0.39 is 0 Å². The summed E-state index contributed by atoms with van der Waals surface area (Å²) in [4.78, 5) is 8.47. The quantitative estimate of drug-likeness (QED) is 0.722. The molecule has 1 aliphatic rings. The fourth-order valence-electron chi connectivity index (χ4n) is 2.45. The predicted octanol–water partition coefficient (Wildman–Crippen LogP) is 3.70. The summed E-state index contributed by atoms with van der Waals surface area (Å²) in [6.07, 6.45) is 5.65. The molecule has 0 atom stereocenters. The number of hydrogen-bond acceptors (Lipinski definition) is 5. The van der Waals surface area contributed by atoms with Gasteiger partial charge in [-0.3, -0.25) is 0 Å². The van der Waals surface area contributed by atoms with E-state index in [2.05, 4.69) is 50.0 Å². The smallest absolute Gasteiger partial charge is 0.162 e. The number of halogens is 1. The van der Waals surface area contributed by atoms with Gasteiger partial charge < -0.3 is 4.52 Å². The molecule has 108 valence electrons. The number of nitrogens with zero attached hydrogens (tertiary/aromatic N) is 5. The average Bonchev–Trinajstić information content (AvgIpc) is 3.14. The number of rotatable bonds is 3. The largest absolute Gasteiger partial charge is 0.359 e. The number of aromatic nitrogens is 5. The van der Waals surface area contributed by atoms with Crippen LogP contribution in [0.1, 0.15) is 44.4 Å². The summed E-state index contributed by atoms with van der Waals surface area (Å²) < 4.78 is 8.31. The molecule has 21 heavy (non-hydrogen) atoms. The zero-order chi connectivity index (χ0) is 14.6. The summed E-state index contributed by atoms with van der Waals surface area (Å²) in [6.45, 7) is 4.15. The molecule has 1 fully saturated rings. The first-order valence-electron chi connectivity index (χ1n) is 7.00. The summed E-state index contributed by atoms with van der Waals surface area (Å²) in [5.41, 5.74) is 2.32. The van der Waals surface area contributed by atoms with Gasteiger partial charge in [-0.15, -0.1) is 0 Å². The van der Waals surface area contributed by atoms with Crippen LogP contribution in [0.15, 0.2) is 21.5 Å². The second-order valence-electron chi connectivity index (χ2n) is 5.63. The van der Waals surface area contributed by atoms with Crippen LogP contribution in [-0.4, -0.2) is 24.9 Å². The molecule has 4 rings (SSSR count). The lowest BCUT2D eigenvalue weighted by molar-refractivity contribution is 0.385. The Bertz CT molecular complexity index is 818. The third kappa shape index (κ3) is 1.98. The minimum atomic E-state index is 0.213. The first-order valence-corrected chi connectivity index (χ1v) is 7.79. The molecular weight excluding hydrogens is 334 g/mol. The fraction of sp³-hybridized carbons (Fsp3) is 0.429. The average molecular weight is 348 g/mol. The topological polar surface area (TPSA) is 69.6 Å². The fourth-order valence-corrected chi connectivity index (χ4v) is 3.11. The summed E-state index contributed by atoms with van der Waals surface area (Å²) in [6, 6.07) is 0.213. The molecule has 0 spiro atoms. The molecule has 0 saturated heterocycles. The Morgan fingerprint density at radius 1 is 1.33 bits per heavy atom. The number of fused-ring (bicyclic) bond motifs is 1. The molecule has 0 unspecified atom stereocenters. The normalized spacial score (nSPS) is 15.2. The Labute approximate surface area is 129 Å². The molecule has 0 amide bonds. The van der Waals surface area contributed by atoms with Gasteiger partial charge in [0.05, 0.1) is 9.86 Å². The van der Waals surface area contributed by atoms with Gasteiger partial charge in [0.25, 0.3) is 0 Å². The van der Waals surface area contributed by atoms with E-state index in [0.717, 1.165) is 45.5 Å². The van der Waals surface area contributed by atoms with Crippen molar-refractivity contribution < 1.29 is 4.52 Å². The summed E-state index contributed by atoms with van der Waals surface area (Å²) in [7, 11) is 0. The van der Waals surface area contributed by atoms with E-state index in [1.54, 1.807) is 12.5 Å². The van der Waals surface area contributed by atoms with Crippen molar-refractivity contribution in [1.82, 2.24) is 24.9 Å². The van der Waals surface area contributed by atoms with Crippen LogP contribution in [0.5, 0.6) is 0 Å². The lowest BCUT2D eigenvalue weighted by Gasteiger charge is -2.04. The van der Waals surface area contributed by atoms with Gasteiger partial charge in [-0.05, 0) is 42.6 Å². The lowest BCUT2D eigenvalue weighted by Crippen LogP contribution is -2.03. The van der Waals surface area contributed by atoms with Crippen molar-refractivity contribution in [2.45, 2.75) is 38.6 Å². The van der Waals surface area contributed by atoms with E-state index in [-0.39, 0.29) is 6.04 Å². The molecule has 1 aliphatic carbocycles. The molecule has 1 saturated carbocycles. The monoisotopic (exact) mass is 347 g/mol. The van der Waals surface area contributed by atoms with E-state index in [1.807, 2.05) is 4.68 Å².